The quantitative estimate of drug-likeness (QED) is 0.213. The van der Waals surface area contributed by atoms with Crippen molar-refractivity contribution in [2.75, 3.05) is 26.2 Å². The molecule has 0 saturated carbocycles. The van der Waals surface area contributed by atoms with E-state index in [1.165, 1.54) is 11.3 Å². The van der Waals surface area contributed by atoms with E-state index in [9.17, 15) is 9.90 Å². The van der Waals surface area contributed by atoms with Gasteiger partial charge in [-0.15, -0.1) is 35.3 Å². The third kappa shape index (κ3) is 10.5. The van der Waals surface area contributed by atoms with Crippen molar-refractivity contribution in [3.63, 3.8) is 0 Å². The van der Waals surface area contributed by atoms with Gasteiger partial charge < -0.3 is 25.8 Å². The van der Waals surface area contributed by atoms with Crippen LogP contribution in [0.5, 0.6) is 0 Å². The molecule has 1 aromatic heterocycles. The number of hydrogen-bond donors (Lipinski definition) is 4. The fraction of sp³-hybridized carbons (Fsp3) is 0.684. The largest absolute Gasteiger partial charge is 0.450 e. The molecule has 0 aliphatic carbocycles. The predicted molar refractivity (Wildman–Crippen MR) is 127 cm³/mol. The van der Waals surface area contributed by atoms with Gasteiger partial charge in [-0.3, -0.25) is 0 Å². The molecule has 0 saturated heterocycles. The number of hydrogen-bond acceptors (Lipinski definition) is 5. The average Bonchev–Trinajstić information content (AvgIpc) is 3.12. The van der Waals surface area contributed by atoms with E-state index in [0.717, 1.165) is 11.3 Å². The highest BCUT2D eigenvalue weighted by atomic mass is 127. The SMILES string of the molecule is CCNC(=NCC(C)(O)c1cccs1)NCC(CC(C)C)NC(=O)OCC.I. The van der Waals surface area contributed by atoms with E-state index < -0.39 is 11.7 Å². The zero-order valence-corrected chi connectivity index (χ0v) is 20.6. The van der Waals surface area contributed by atoms with Gasteiger partial charge in [-0.2, -0.15) is 0 Å². The van der Waals surface area contributed by atoms with E-state index in [0.29, 0.717) is 31.6 Å². The summed E-state index contributed by atoms with van der Waals surface area (Å²) in [5, 5.41) is 21.9. The zero-order chi connectivity index (χ0) is 20.3. The molecule has 4 N–H and O–H groups in total. The lowest BCUT2D eigenvalue weighted by Gasteiger charge is -2.23. The van der Waals surface area contributed by atoms with Crippen LogP contribution in [0.25, 0.3) is 0 Å². The molecule has 9 heteroatoms. The number of amides is 1. The number of ether oxygens (including phenoxy) is 1. The Labute approximate surface area is 189 Å². The van der Waals surface area contributed by atoms with Crippen molar-refractivity contribution in [2.45, 2.75) is 52.7 Å². The number of aliphatic imine (C=N–C) groups is 1. The minimum absolute atomic E-state index is 0. The van der Waals surface area contributed by atoms with Crippen molar-refractivity contribution in [1.29, 1.82) is 0 Å². The van der Waals surface area contributed by atoms with E-state index >= 15 is 0 Å². The number of carbonyl (C=O) groups excluding carboxylic acids is 1. The van der Waals surface area contributed by atoms with Gasteiger partial charge in [-0.25, -0.2) is 9.79 Å². The van der Waals surface area contributed by atoms with Crippen LogP contribution in [0.15, 0.2) is 22.5 Å². The normalized spacial score (nSPS) is 14.6. The van der Waals surface area contributed by atoms with Gasteiger partial charge in [0.1, 0.15) is 5.60 Å². The lowest BCUT2D eigenvalue weighted by molar-refractivity contribution is 0.0711. The van der Waals surface area contributed by atoms with E-state index in [1.807, 2.05) is 24.4 Å². The first-order valence-electron chi connectivity index (χ1n) is 9.50. The van der Waals surface area contributed by atoms with Crippen molar-refractivity contribution in [3.8, 4) is 0 Å². The van der Waals surface area contributed by atoms with E-state index in [4.69, 9.17) is 4.74 Å². The van der Waals surface area contributed by atoms with Gasteiger partial charge in [-0.1, -0.05) is 19.9 Å². The lowest BCUT2D eigenvalue weighted by Crippen LogP contribution is -2.48. The maximum Gasteiger partial charge on any atom is 0.407 e. The van der Waals surface area contributed by atoms with Crippen molar-refractivity contribution in [1.82, 2.24) is 16.0 Å². The van der Waals surface area contributed by atoms with Crippen LogP contribution >= 0.6 is 35.3 Å². The van der Waals surface area contributed by atoms with E-state index in [1.54, 1.807) is 13.8 Å². The lowest BCUT2D eigenvalue weighted by atomic mass is 10.0. The fourth-order valence-corrected chi connectivity index (χ4v) is 3.34. The van der Waals surface area contributed by atoms with Crippen LogP contribution in [0.3, 0.4) is 0 Å². The fourth-order valence-electron chi connectivity index (χ4n) is 2.56. The molecular weight excluding hydrogens is 491 g/mol. The smallest absolute Gasteiger partial charge is 0.407 e. The standard InChI is InChI=1S/C19H34N4O3S.HI/c1-6-20-17(22-13-19(5,25)16-9-8-10-27-16)21-12-15(11-14(3)4)23-18(24)26-7-2;/h8-10,14-15,25H,6-7,11-13H2,1-5H3,(H,23,24)(H2,20,21,22);1H. The molecule has 0 aliphatic rings. The molecule has 7 nitrogen and oxygen atoms in total. The second-order valence-electron chi connectivity index (χ2n) is 7.02. The van der Waals surface area contributed by atoms with E-state index in [2.05, 4.69) is 34.8 Å². The third-order valence-corrected chi connectivity index (χ3v) is 4.93. The molecule has 0 spiro atoms. The summed E-state index contributed by atoms with van der Waals surface area (Å²) in [6.07, 6.45) is 0.408. The molecule has 1 aromatic rings. The number of nitrogens with one attached hydrogen (secondary N) is 3. The summed E-state index contributed by atoms with van der Waals surface area (Å²) in [6, 6.07) is 3.74. The van der Waals surface area contributed by atoms with Crippen LogP contribution in [0.4, 0.5) is 4.79 Å². The molecule has 2 unspecified atom stereocenters. The Morgan fingerprint density at radius 1 is 1.36 bits per heavy atom. The number of guanidine groups is 1. The Kier molecular flexibility index (Phi) is 13.5. The molecule has 0 fully saturated rings. The monoisotopic (exact) mass is 526 g/mol. The molecule has 0 aliphatic heterocycles. The average molecular weight is 526 g/mol. The van der Waals surface area contributed by atoms with Gasteiger partial charge >= 0.3 is 6.09 Å². The molecule has 28 heavy (non-hydrogen) atoms. The Balaban J connectivity index is 0.00000729. The molecule has 1 amide bonds. The Morgan fingerprint density at radius 3 is 2.61 bits per heavy atom. The number of carbonyl (C=O) groups is 1. The van der Waals surface area contributed by atoms with Crippen molar-refractivity contribution in [2.24, 2.45) is 10.9 Å². The van der Waals surface area contributed by atoms with Crippen LogP contribution in [0.1, 0.15) is 45.9 Å². The van der Waals surface area contributed by atoms with Gasteiger partial charge in [0, 0.05) is 24.0 Å². The molecule has 0 bridgehead atoms. The number of thiophene rings is 1. The van der Waals surface area contributed by atoms with Crippen LogP contribution in [-0.4, -0.2) is 49.4 Å². The topological polar surface area (TPSA) is 95.0 Å². The predicted octanol–water partition coefficient (Wildman–Crippen LogP) is 3.29. The maximum absolute atomic E-state index is 11.8. The van der Waals surface area contributed by atoms with Crippen molar-refractivity contribution >= 4 is 47.4 Å². The van der Waals surface area contributed by atoms with Crippen LogP contribution < -0.4 is 16.0 Å². The molecule has 2 atom stereocenters. The first-order chi connectivity index (χ1) is 12.8. The van der Waals surface area contributed by atoms with E-state index in [-0.39, 0.29) is 36.6 Å². The summed E-state index contributed by atoms with van der Waals surface area (Å²) >= 11 is 1.51. The summed E-state index contributed by atoms with van der Waals surface area (Å²) < 4.78 is 4.99. The van der Waals surface area contributed by atoms with Gasteiger partial charge in [0.15, 0.2) is 5.96 Å². The number of aliphatic hydroxyl groups is 1. The highest BCUT2D eigenvalue weighted by molar-refractivity contribution is 14.0. The second-order valence-corrected chi connectivity index (χ2v) is 7.97. The third-order valence-electron chi connectivity index (χ3n) is 3.81. The Bertz CT molecular complexity index is 580. The van der Waals surface area contributed by atoms with Crippen LogP contribution in [0, 0.1) is 5.92 Å². The number of halogens is 1. The molecule has 162 valence electrons. The summed E-state index contributed by atoms with van der Waals surface area (Å²) in [7, 11) is 0. The second kappa shape index (κ2) is 14.0. The van der Waals surface area contributed by atoms with Gasteiger partial charge in [-0.05, 0) is 44.6 Å². The summed E-state index contributed by atoms with van der Waals surface area (Å²) in [4.78, 5) is 17.1. The maximum atomic E-state index is 11.8. The number of alkyl carbamates (subject to hydrolysis) is 1. The van der Waals surface area contributed by atoms with Crippen molar-refractivity contribution in [3.05, 3.63) is 22.4 Å². The minimum atomic E-state index is -1.02. The Morgan fingerprint density at radius 2 is 2.07 bits per heavy atom. The van der Waals surface area contributed by atoms with Crippen molar-refractivity contribution < 1.29 is 14.6 Å². The number of nitrogens with zero attached hydrogens (tertiary/aromatic N) is 1. The molecule has 1 rings (SSSR count). The first kappa shape index (κ1) is 26.9. The minimum Gasteiger partial charge on any atom is -0.450 e. The molecule has 0 radical (unpaired) electrons. The summed E-state index contributed by atoms with van der Waals surface area (Å²) in [5.41, 5.74) is -1.02. The Hall–Kier alpha value is -1.07. The van der Waals surface area contributed by atoms with Crippen LogP contribution in [0.2, 0.25) is 0 Å². The zero-order valence-electron chi connectivity index (χ0n) is 17.4. The highest BCUT2D eigenvalue weighted by Gasteiger charge is 2.24. The first-order valence-corrected chi connectivity index (χ1v) is 10.4. The molecule has 0 aromatic carbocycles. The molecule has 1 heterocycles. The number of rotatable bonds is 10. The summed E-state index contributed by atoms with van der Waals surface area (Å²) in [5.74, 6) is 1.03. The molecular formula is C19H35IN4O3S. The van der Waals surface area contributed by atoms with Crippen LogP contribution in [-0.2, 0) is 10.3 Å². The van der Waals surface area contributed by atoms with Gasteiger partial charge in [0.05, 0.1) is 13.2 Å². The van der Waals surface area contributed by atoms with Gasteiger partial charge in [0.25, 0.3) is 0 Å². The van der Waals surface area contributed by atoms with Gasteiger partial charge in [0.2, 0.25) is 0 Å². The highest BCUT2D eigenvalue weighted by Crippen LogP contribution is 2.25. The summed E-state index contributed by atoms with van der Waals surface area (Å²) in [6.45, 7) is 11.5.